The molecule has 0 heterocycles. The molecule has 2 fully saturated rings. The molecule has 14 heavy (non-hydrogen) atoms. The van der Waals surface area contributed by atoms with Gasteiger partial charge in [-0.25, -0.2) is 0 Å². The Morgan fingerprint density at radius 1 is 1.43 bits per heavy atom. The zero-order valence-electron chi connectivity index (χ0n) is 9.68. The Balaban J connectivity index is 1.99. The first-order valence-electron chi connectivity index (χ1n) is 5.85. The van der Waals surface area contributed by atoms with Crippen LogP contribution in [0.5, 0.6) is 0 Å². The van der Waals surface area contributed by atoms with E-state index in [1.807, 2.05) is 7.11 Å². The van der Waals surface area contributed by atoms with E-state index in [2.05, 4.69) is 19.3 Å². The van der Waals surface area contributed by atoms with Crippen LogP contribution in [-0.2, 0) is 4.74 Å². The highest BCUT2D eigenvalue weighted by atomic mass is 16.5. The van der Waals surface area contributed by atoms with Gasteiger partial charge in [-0.1, -0.05) is 6.92 Å². The van der Waals surface area contributed by atoms with Crippen molar-refractivity contribution in [2.45, 2.75) is 26.2 Å². The normalized spacial score (nSPS) is 42.2. The van der Waals surface area contributed by atoms with Crippen LogP contribution in [0.4, 0.5) is 0 Å². The maximum atomic E-state index is 5.31. The number of nitrogens with one attached hydrogen (secondary N) is 1. The summed E-state index contributed by atoms with van der Waals surface area (Å²) in [7, 11) is 3.89. The quantitative estimate of drug-likeness (QED) is 0.727. The summed E-state index contributed by atoms with van der Waals surface area (Å²) in [4.78, 5) is 0. The Labute approximate surface area is 87.4 Å². The van der Waals surface area contributed by atoms with Gasteiger partial charge >= 0.3 is 0 Å². The average molecular weight is 197 g/mol. The second kappa shape index (κ2) is 3.82. The largest absolute Gasteiger partial charge is 0.384 e. The molecule has 0 amide bonds. The molecule has 2 aliphatic rings. The summed E-state index contributed by atoms with van der Waals surface area (Å²) in [5.74, 6) is 2.82. The predicted molar refractivity (Wildman–Crippen MR) is 58.2 cm³/mol. The minimum absolute atomic E-state index is 0.540. The van der Waals surface area contributed by atoms with Crippen molar-refractivity contribution in [3.05, 3.63) is 0 Å². The number of ether oxygens (including phenoxy) is 1. The molecule has 0 spiro atoms. The standard InChI is InChI=1S/C12H23NO/c1-9(7-14-3)12(8-13-2)5-10-4-11(10)6-12/h9-11,13H,4-8H2,1-3H3. The van der Waals surface area contributed by atoms with Crippen molar-refractivity contribution in [2.75, 3.05) is 27.3 Å². The number of hydrogen-bond acceptors (Lipinski definition) is 2. The monoisotopic (exact) mass is 197 g/mol. The molecule has 1 N–H and O–H groups in total. The Kier molecular flexibility index (Phi) is 2.85. The Morgan fingerprint density at radius 3 is 2.57 bits per heavy atom. The van der Waals surface area contributed by atoms with Crippen molar-refractivity contribution in [1.82, 2.24) is 5.32 Å². The van der Waals surface area contributed by atoms with Gasteiger partial charge in [0, 0.05) is 20.3 Å². The molecule has 2 saturated carbocycles. The van der Waals surface area contributed by atoms with Gasteiger partial charge in [-0.3, -0.25) is 0 Å². The van der Waals surface area contributed by atoms with E-state index in [0.29, 0.717) is 11.3 Å². The lowest BCUT2D eigenvalue weighted by atomic mass is 9.73. The Hall–Kier alpha value is -0.0800. The van der Waals surface area contributed by atoms with Crippen molar-refractivity contribution in [1.29, 1.82) is 0 Å². The highest BCUT2D eigenvalue weighted by Gasteiger charge is 2.55. The smallest absolute Gasteiger partial charge is 0.0493 e. The van der Waals surface area contributed by atoms with Crippen LogP contribution in [0.25, 0.3) is 0 Å². The molecule has 82 valence electrons. The Bertz CT molecular complexity index is 194. The van der Waals surface area contributed by atoms with Crippen LogP contribution in [0.1, 0.15) is 26.2 Å². The lowest BCUT2D eigenvalue weighted by molar-refractivity contribution is 0.0651. The van der Waals surface area contributed by atoms with Crippen LogP contribution < -0.4 is 5.32 Å². The van der Waals surface area contributed by atoms with E-state index in [4.69, 9.17) is 4.74 Å². The van der Waals surface area contributed by atoms with Gasteiger partial charge in [-0.05, 0) is 49.5 Å². The summed E-state index contributed by atoms with van der Waals surface area (Å²) in [6.07, 6.45) is 4.37. The van der Waals surface area contributed by atoms with E-state index < -0.39 is 0 Å². The number of fused-ring (bicyclic) bond motifs is 1. The maximum absolute atomic E-state index is 5.31. The van der Waals surface area contributed by atoms with Crippen LogP contribution >= 0.6 is 0 Å². The highest BCUT2D eigenvalue weighted by Crippen LogP contribution is 2.62. The second-order valence-electron chi connectivity index (χ2n) is 5.41. The van der Waals surface area contributed by atoms with Crippen molar-refractivity contribution in [3.8, 4) is 0 Å². The van der Waals surface area contributed by atoms with E-state index in [-0.39, 0.29) is 0 Å². The molecule has 2 nitrogen and oxygen atoms in total. The van der Waals surface area contributed by atoms with Gasteiger partial charge in [-0.15, -0.1) is 0 Å². The van der Waals surface area contributed by atoms with E-state index in [0.717, 1.165) is 18.4 Å². The molecule has 0 aliphatic heterocycles. The fourth-order valence-electron chi connectivity index (χ4n) is 3.44. The highest BCUT2D eigenvalue weighted by molar-refractivity contribution is 5.05. The molecule has 2 heteroatoms. The van der Waals surface area contributed by atoms with Crippen LogP contribution in [0, 0.1) is 23.2 Å². The number of methoxy groups -OCH3 is 1. The summed E-state index contributed by atoms with van der Waals surface area (Å²) in [6, 6.07) is 0. The third kappa shape index (κ3) is 1.70. The molecular weight excluding hydrogens is 174 g/mol. The molecule has 0 saturated heterocycles. The molecular formula is C12H23NO. The lowest BCUT2D eigenvalue weighted by Gasteiger charge is -2.36. The van der Waals surface area contributed by atoms with Gasteiger partial charge in [0.15, 0.2) is 0 Å². The van der Waals surface area contributed by atoms with Gasteiger partial charge in [0.05, 0.1) is 0 Å². The van der Waals surface area contributed by atoms with Gasteiger partial charge in [0.25, 0.3) is 0 Å². The third-order valence-electron chi connectivity index (χ3n) is 4.40. The number of rotatable bonds is 5. The molecule has 3 atom stereocenters. The molecule has 2 aliphatic carbocycles. The minimum Gasteiger partial charge on any atom is -0.384 e. The van der Waals surface area contributed by atoms with Gasteiger partial charge in [-0.2, -0.15) is 0 Å². The first kappa shape index (κ1) is 10.4. The number of hydrogen-bond donors (Lipinski definition) is 1. The first-order valence-corrected chi connectivity index (χ1v) is 5.85. The van der Waals surface area contributed by atoms with E-state index in [1.165, 1.54) is 25.8 Å². The van der Waals surface area contributed by atoms with Crippen molar-refractivity contribution in [3.63, 3.8) is 0 Å². The van der Waals surface area contributed by atoms with Crippen LogP contribution in [0.3, 0.4) is 0 Å². The molecule has 2 rings (SSSR count). The fourth-order valence-corrected chi connectivity index (χ4v) is 3.44. The minimum atomic E-state index is 0.540. The summed E-state index contributed by atoms with van der Waals surface area (Å²) in [6.45, 7) is 4.44. The average Bonchev–Trinajstić information content (AvgIpc) is 2.76. The zero-order valence-corrected chi connectivity index (χ0v) is 9.68. The van der Waals surface area contributed by atoms with E-state index in [1.54, 1.807) is 0 Å². The van der Waals surface area contributed by atoms with Crippen molar-refractivity contribution < 1.29 is 4.74 Å². The molecule has 0 aromatic rings. The second-order valence-corrected chi connectivity index (χ2v) is 5.41. The van der Waals surface area contributed by atoms with Gasteiger partial charge < -0.3 is 10.1 Å². The molecule has 0 aromatic carbocycles. The predicted octanol–water partition coefficient (Wildman–Crippen LogP) is 1.90. The summed E-state index contributed by atoms with van der Waals surface area (Å²) in [5.41, 5.74) is 0.540. The molecule has 0 radical (unpaired) electrons. The van der Waals surface area contributed by atoms with E-state index in [9.17, 15) is 0 Å². The lowest BCUT2D eigenvalue weighted by Crippen LogP contribution is -2.39. The summed E-state index contributed by atoms with van der Waals surface area (Å²) >= 11 is 0. The maximum Gasteiger partial charge on any atom is 0.0493 e. The van der Waals surface area contributed by atoms with Crippen LogP contribution in [0.15, 0.2) is 0 Å². The Morgan fingerprint density at radius 2 is 2.07 bits per heavy atom. The van der Waals surface area contributed by atoms with E-state index >= 15 is 0 Å². The topological polar surface area (TPSA) is 21.3 Å². The summed E-state index contributed by atoms with van der Waals surface area (Å²) in [5, 5.41) is 3.38. The molecule has 0 bridgehead atoms. The van der Waals surface area contributed by atoms with Crippen LogP contribution in [-0.4, -0.2) is 27.3 Å². The van der Waals surface area contributed by atoms with Crippen molar-refractivity contribution >= 4 is 0 Å². The third-order valence-corrected chi connectivity index (χ3v) is 4.40. The van der Waals surface area contributed by atoms with Crippen molar-refractivity contribution in [2.24, 2.45) is 23.2 Å². The van der Waals surface area contributed by atoms with Crippen LogP contribution in [0.2, 0.25) is 0 Å². The van der Waals surface area contributed by atoms with Gasteiger partial charge in [0.1, 0.15) is 0 Å². The molecule has 0 aromatic heterocycles. The van der Waals surface area contributed by atoms with Gasteiger partial charge in [0.2, 0.25) is 0 Å². The fraction of sp³-hybridized carbons (Fsp3) is 1.00. The molecule has 3 unspecified atom stereocenters. The summed E-state index contributed by atoms with van der Waals surface area (Å²) < 4.78 is 5.31. The first-order chi connectivity index (χ1) is 6.72. The zero-order chi connectivity index (χ0) is 10.2. The SMILES string of the molecule is CNCC1(C(C)COC)CC2CC2C1.